The van der Waals surface area contributed by atoms with Crippen LogP contribution in [0.1, 0.15) is 12.8 Å². The molecular weight excluding hydrogens is 525 g/mol. The molecule has 17 heteroatoms. The highest BCUT2D eigenvalue weighted by atomic mass is 35.5. The molecule has 0 saturated heterocycles. The van der Waals surface area contributed by atoms with Gasteiger partial charge in [0.1, 0.15) is 28.2 Å². The summed E-state index contributed by atoms with van der Waals surface area (Å²) in [4.78, 5) is 43.9. The molecule has 0 aromatic heterocycles. The number of anilines is 1. The summed E-state index contributed by atoms with van der Waals surface area (Å²) in [6.45, 7) is -0.725. The van der Waals surface area contributed by atoms with Gasteiger partial charge in [-0.2, -0.15) is 0 Å². The highest BCUT2D eigenvalue weighted by Gasteiger charge is 2.17. The van der Waals surface area contributed by atoms with E-state index in [1.54, 1.807) is 0 Å². The van der Waals surface area contributed by atoms with Gasteiger partial charge < -0.3 is 38.3 Å². The number of carbonyl (C=O) groups is 3. The molecule has 0 spiro atoms. The number of rotatable bonds is 11. The van der Waals surface area contributed by atoms with Gasteiger partial charge in [-0.15, -0.1) is 10.2 Å². The third kappa shape index (κ3) is 9.40. The van der Waals surface area contributed by atoms with Crippen LogP contribution in [-0.2, 0) is 14.4 Å². The van der Waals surface area contributed by atoms with Crippen molar-refractivity contribution in [3.05, 3.63) is 50.5 Å². The Morgan fingerprint density at radius 1 is 1.08 bits per heavy atom. The summed E-state index contributed by atoms with van der Waals surface area (Å²) in [6.07, 6.45) is -0.256. The zero-order valence-electron chi connectivity index (χ0n) is 18.5. The first-order chi connectivity index (χ1) is 16.0. The molecule has 36 heavy (non-hydrogen) atoms. The van der Waals surface area contributed by atoms with Crippen molar-refractivity contribution in [1.82, 2.24) is 12.3 Å². The van der Waals surface area contributed by atoms with Gasteiger partial charge in [-0.3, -0.25) is 19.7 Å². The van der Waals surface area contributed by atoms with E-state index in [1.165, 1.54) is 18.2 Å². The van der Waals surface area contributed by atoms with E-state index in [0.29, 0.717) is 0 Å². The Hall–Kier alpha value is -3.89. The van der Waals surface area contributed by atoms with E-state index in [1.807, 2.05) is 0 Å². The van der Waals surface area contributed by atoms with Gasteiger partial charge in [0, 0.05) is 24.2 Å². The number of halogens is 2. The molecule has 0 bridgehead atoms. The van der Waals surface area contributed by atoms with E-state index in [0.717, 1.165) is 12.1 Å². The standard InChI is InChI=1S/C19H17Cl2N5O8.2H3N/c20-10-7-15(26(32)33)11(21)6-14(10)25-24-13-3-1-9(5-16(13)34-8-18(28)29)23-17(27)4-2-12(22)19(30)31;;/h1,3,5-7,12H,2,4,8,22H2,(H,23,27)(H,28,29)(H,30,31);2*1H3. The van der Waals surface area contributed by atoms with Crippen LogP contribution in [0.5, 0.6) is 5.75 Å². The number of nitrogens with one attached hydrogen (secondary N) is 1. The van der Waals surface area contributed by atoms with Crippen LogP contribution in [0.4, 0.5) is 22.7 Å². The summed E-state index contributed by atoms with van der Waals surface area (Å²) in [7, 11) is 0. The molecular formula is C19H23Cl2N7O8. The summed E-state index contributed by atoms with van der Waals surface area (Å²) in [5, 5.41) is 38.6. The molecule has 0 aliphatic heterocycles. The molecule has 0 fully saturated rings. The maximum atomic E-state index is 12.0. The maximum Gasteiger partial charge on any atom is 0.341 e. The lowest BCUT2D eigenvalue weighted by Crippen LogP contribution is -2.31. The van der Waals surface area contributed by atoms with Crippen molar-refractivity contribution < 1.29 is 34.3 Å². The van der Waals surface area contributed by atoms with Crippen LogP contribution in [0.25, 0.3) is 0 Å². The fourth-order valence-electron chi connectivity index (χ4n) is 2.41. The average molecular weight is 548 g/mol. The number of hydrogen-bond acceptors (Lipinski definition) is 11. The Morgan fingerprint density at radius 2 is 1.72 bits per heavy atom. The third-order valence-electron chi connectivity index (χ3n) is 4.07. The number of hydrogen-bond donors (Lipinski definition) is 6. The van der Waals surface area contributed by atoms with Crippen LogP contribution in [0.3, 0.4) is 0 Å². The molecule has 0 radical (unpaired) electrons. The zero-order chi connectivity index (χ0) is 25.4. The Bertz CT molecular complexity index is 1160. The van der Waals surface area contributed by atoms with Crippen LogP contribution in [-0.4, -0.2) is 45.6 Å². The second-order valence-corrected chi connectivity index (χ2v) is 7.42. The number of carboxylic acid groups (broad SMARTS) is 2. The summed E-state index contributed by atoms with van der Waals surface area (Å²) < 4.78 is 5.19. The topological polar surface area (TPSA) is 277 Å². The van der Waals surface area contributed by atoms with Crippen LogP contribution >= 0.6 is 23.2 Å². The molecule has 0 aliphatic rings. The van der Waals surface area contributed by atoms with E-state index in [-0.39, 0.29) is 58.0 Å². The summed E-state index contributed by atoms with van der Waals surface area (Å²) in [6, 6.07) is 5.02. The third-order valence-corrected chi connectivity index (χ3v) is 4.68. The fraction of sp³-hybridized carbons (Fsp3) is 0.211. The van der Waals surface area contributed by atoms with Gasteiger partial charge in [-0.1, -0.05) is 23.2 Å². The number of aliphatic carboxylic acids is 2. The van der Waals surface area contributed by atoms with Crippen LogP contribution in [0.15, 0.2) is 40.6 Å². The minimum Gasteiger partial charge on any atom is -0.480 e. The van der Waals surface area contributed by atoms with E-state index in [9.17, 15) is 24.5 Å². The highest BCUT2D eigenvalue weighted by molar-refractivity contribution is 6.36. The number of carbonyl (C=O) groups excluding carboxylic acids is 1. The number of ether oxygens (including phenoxy) is 1. The van der Waals surface area contributed by atoms with Crippen molar-refractivity contribution in [2.45, 2.75) is 18.9 Å². The van der Waals surface area contributed by atoms with Crippen molar-refractivity contribution in [2.75, 3.05) is 11.9 Å². The SMILES string of the molecule is N.N.NC(CCC(=O)Nc1ccc(N=Nc2cc(Cl)c([N+](=O)[O-])cc2Cl)c(OCC(=O)O)c1)C(=O)O. The molecule has 11 N–H and O–H groups in total. The van der Waals surface area contributed by atoms with E-state index < -0.39 is 41.1 Å². The first-order valence-corrected chi connectivity index (χ1v) is 10.1. The van der Waals surface area contributed by atoms with Crippen molar-refractivity contribution in [3.63, 3.8) is 0 Å². The van der Waals surface area contributed by atoms with Gasteiger partial charge in [-0.25, -0.2) is 4.79 Å². The van der Waals surface area contributed by atoms with Crippen LogP contribution < -0.4 is 28.1 Å². The number of nitro groups is 1. The van der Waals surface area contributed by atoms with Crippen molar-refractivity contribution in [1.29, 1.82) is 0 Å². The molecule has 2 aromatic rings. The smallest absolute Gasteiger partial charge is 0.341 e. The molecule has 2 rings (SSSR count). The lowest BCUT2D eigenvalue weighted by atomic mass is 10.1. The Labute approximate surface area is 213 Å². The zero-order valence-corrected chi connectivity index (χ0v) is 20.0. The minimum atomic E-state index is -1.27. The van der Waals surface area contributed by atoms with Crippen LogP contribution in [0, 0.1) is 10.1 Å². The molecule has 1 atom stereocenters. The normalized spacial score (nSPS) is 11.1. The molecule has 0 heterocycles. The molecule has 0 saturated carbocycles. The predicted molar refractivity (Wildman–Crippen MR) is 130 cm³/mol. The first-order valence-electron chi connectivity index (χ1n) is 9.30. The van der Waals surface area contributed by atoms with Gasteiger partial charge in [-0.05, 0) is 24.6 Å². The van der Waals surface area contributed by atoms with Gasteiger partial charge in [0.25, 0.3) is 5.69 Å². The van der Waals surface area contributed by atoms with Crippen LogP contribution in [0.2, 0.25) is 10.0 Å². The fourth-order valence-corrected chi connectivity index (χ4v) is 2.84. The second-order valence-electron chi connectivity index (χ2n) is 6.61. The Kier molecular flexibility index (Phi) is 12.9. The quantitative estimate of drug-likeness (QED) is 0.131. The molecule has 196 valence electrons. The Morgan fingerprint density at radius 3 is 2.31 bits per heavy atom. The Balaban J connectivity index is 0.00000612. The highest BCUT2D eigenvalue weighted by Crippen LogP contribution is 2.38. The van der Waals surface area contributed by atoms with E-state index in [4.69, 9.17) is 43.9 Å². The number of amides is 1. The van der Waals surface area contributed by atoms with Crippen molar-refractivity contribution in [2.24, 2.45) is 16.0 Å². The molecule has 15 nitrogen and oxygen atoms in total. The molecule has 2 aromatic carbocycles. The molecule has 1 amide bonds. The average Bonchev–Trinajstić information content (AvgIpc) is 2.76. The number of carboxylic acids is 2. The monoisotopic (exact) mass is 547 g/mol. The second kappa shape index (κ2) is 14.5. The number of nitrogens with two attached hydrogens (primary N) is 1. The maximum absolute atomic E-state index is 12.0. The number of nitrogens with zero attached hydrogens (tertiary/aromatic N) is 3. The number of benzene rings is 2. The molecule has 1 unspecified atom stereocenters. The van der Waals surface area contributed by atoms with E-state index >= 15 is 0 Å². The predicted octanol–water partition coefficient (Wildman–Crippen LogP) is 4.24. The lowest BCUT2D eigenvalue weighted by molar-refractivity contribution is -0.384. The van der Waals surface area contributed by atoms with Crippen molar-refractivity contribution >= 4 is 63.8 Å². The van der Waals surface area contributed by atoms with Gasteiger partial charge >= 0.3 is 11.9 Å². The van der Waals surface area contributed by atoms with Crippen molar-refractivity contribution in [3.8, 4) is 5.75 Å². The van der Waals surface area contributed by atoms with Gasteiger partial charge in [0.15, 0.2) is 6.61 Å². The largest absolute Gasteiger partial charge is 0.480 e. The summed E-state index contributed by atoms with van der Waals surface area (Å²) in [5.74, 6) is -3.09. The summed E-state index contributed by atoms with van der Waals surface area (Å²) >= 11 is 11.8. The minimum absolute atomic E-state index is 0. The first kappa shape index (κ1) is 32.1. The molecule has 0 aliphatic carbocycles. The van der Waals surface area contributed by atoms with Gasteiger partial charge in [0.05, 0.1) is 9.95 Å². The lowest BCUT2D eigenvalue weighted by Gasteiger charge is -2.11. The van der Waals surface area contributed by atoms with E-state index in [2.05, 4.69) is 15.5 Å². The summed E-state index contributed by atoms with van der Waals surface area (Å²) in [5.41, 5.74) is 5.22. The van der Waals surface area contributed by atoms with Gasteiger partial charge in [0.2, 0.25) is 5.91 Å². The number of azo groups is 1. The number of nitro benzene ring substituents is 1.